The molecule has 4 atom stereocenters. The number of hydrogen-bond donors (Lipinski definition) is 2. The molecule has 1 amide bonds. The van der Waals surface area contributed by atoms with Crippen molar-refractivity contribution >= 4 is 18.3 Å². The van der Waals surface area contributed by atoms with Gasteiger partial charge in [0.25, 0.3) is 0 Å². The van der Waals surface area contributed by atoms with Crippen molar-refractivity contribution in [3.05, 3.63) is 0 Å². The van der Waals surface area contributed by atoms with E-state index >= 15 is 0 Å². The molecule has 0 bridgehead atoms. The van der Waals surface area contributed by atoms with Gasteiger partial charge >= 0.3 is 0 Å². The Bertz CT molecular complexity index is 235. The highest BCUT2D eigenvalue weighted by Gasteiger charge is 2.39. The summed E-state index contributed by atoms with van der Waals surface area (Å²) in [5.41, 5.74) is 0. The molecule has 88 valence electrons. The van der Waals surface area contributed by atoms with Crippen LogP contribution in [0, 0.1) is 17.8 Å². The van der Waals surface area contributed by atoms with E-state index in [2.05, 4.69) is 24.5 Å². The summed E-state index contributed by atoms with van der Waals surface area (Å²) in [5.74, 6) is 1.72. The van der Waals surface area contributed by atoms with E-state index in [1.54, 1.807) is 0 Å². The number of rotatable bonds is 3. The molecule has 1 heterocycles. The molecule has 0 spiro atoms. The minimum absolute atomic E-state index is 0. The molecule has 1 saturated heterocycles. The van der Waals surface area contributed by atoms with Gasteiger partial charge in [0.2, 0.25) is 5.91 Å². The van der Waals surface area contributed by atoms with Crippen LogP contribution in [0.25, 0.3) is 0 Å². The maximum absolute atomic E-state index is 11.8. The van der Waals surface area contributed by atoms with Crippen LogP contribution in [0.4, 0.5) is 0 Å². The largest absolute Gasteiger partial charge is 0.353 e. The van der Waals surface area contributed by atoms with Crippen LogP contribution in [0.1, 0.15) is 26.7 Å². The SMILES string of the molecule is CCC1CC1NC(=O)[C@@H]1CNC[C@H]1C.Cl. The maximum Gasteiger partial charge on any atom is 0.224 e. The van der Waals surface area contributed by atoms with Gasteiger partial charge in [-0.05, 0) is 24.8 Å². The lowest BCUT2D eigenvalue weighted by atomic mass is 9.97. The number of hydrogen-bond acceptors (Lipinski definition) is 2. The molecule has 0 aromatic rings. The molecule has 1 aliphatic heterocycles. The van der Waals surface area contributed by atoms with Crippen molar-refractivity contribution in [1.82, 2.24) is 10.6 Å². The standard InChI is InChI=1S/C11H20N2O.ClH/c1-3-8-4-10(8)13-11(14)9-6-12-5-7(9)2;/h7-10,12H,3-6H2,1-2H3,(H,13,14);1H/t7-,8?,9-,10?;/m1./s1. The molecule has 4 heteroatoms. The summed E-state index contributed by atoms with van der Waals surface area (Å²) in [6.45, 7) is 6.18. The molecule has 3 nitrogen and oxygen atoms in total. The van der Waals surface area contributed by atoms with Crippen LogP contribution in [0.3, 0.4) is 0 Å². The van der Waals surface area contributed by atoms with Crippen molar-refractivity contribution in [2.45, 2.75) is 32.7 Å². The monoisotopic (exact) mass is 232 g/mol. The number of halogens is 1. The van der Waals surface area contributed by atoms with Gasteiger partial charge in [-0.1, -0.05) is 20.3 Å². The van der Waals surface area contributed by atoms with Gasteiger partial charge in [0.1, 0.15) is 0 Å². The highest BCUT2D eigenvalue weighted by Crippen LogP contribution is 2.33. The molecule has 2 aliphatic rings. The Kier molecular flexibility index (Phi) is 4.41. The zero-order chi connectivity index (χ0) is 10.1. The van der Waals surface area contributed by atoms with Crippen LogP contribution in [-0.2, 0) is 4.79 Å². The molecule has 2 fully saturated rings. The fourth-order valence-corrected chi connectivity index (χ4v) is 2.33. The van der Waals surface area contributed by atoms with Gasteiger partial charge < -0.3 is 10.6 Å². The molecule has 2 unspecified atom stereocenters. The van der Waals surface area contributed by atoms with E-state index in [0.29, 0.717) is 12.0 Å². The van der Waals surface area contributed by atoms with E-state index in [4.69, 9.17) is 0 Å². The van der Waals surface area contributed by atoms with Gasteiger partial charge in [0.05, 0.1) is 5.92 Å². The lowest BCUT2D eigenvalue weighted by Gasteiger charge is -2.13. The van der Waals surface area contributed by atoms with E-state index in [0.717, 1.165) is 19.0 Å². The molecule has 0 aromatic carbocycles. The summed E-state index contributed by atoms with van der Waals surface area (Å²) in [6.07, 6.45) is 2.39. The Morgan fingerprint density at radius 1 is 1.47 bits per heavy atom. The van der Waals surface area contributed by atoms with Crippen molar-refractivity contribution in [3.63, 3.8) is 0 Å². The Morgan fingerprint density at radius 3 is 2.67 bits per heavy atom. The summed E-state index contributed by atoms with van der Waals surface area (Å²) in [4.78, 5) is 11.8. The van der Waals surface area contributed by atoms with Crippen molar-refractivity contribution in [1.29, 1.82) is 0 Å². The van der Waals surface area contributed by atoms with Crippen LogP contribution in [-0.4, -0.2) is 25.0 Å². The average molecular weight is 233 g/mol. The molecule has 1 saturated carbocycles. The van der Waals surface area contributed by atoms with Crippen LogP contribution >= 0.6 is 12.4 Å². The van der Waals surface area contributed by atoms with Gasteiger partial charge in [-0.15, -0.1) is 12.4 Å². The molecule has 1 aliphatic carbocycles. The smallest absolute Gasteiger partial charge is 0.224 e. The molecular weight excluding hydrogens is 212 g/mol. The Balaban J connectivity index is 0.00000112. The Morgan fingerprint density at radius 2 is 2.20 bits per heavy atom. The van der Waals surface area contributed by atoms with Gasteiger partial charge in [-0.2, -0.15) is 0 Å². The highest BCUT2D eigenvalue weighted by molar-refractivity contribution is 5.85. The summed E-state index contributed by atoms with van der Waals surface area (Å²) in [6, 6.07) is 0.486. The Labute approximate surface area is 97.8 Å². The normalized spacial score (nSPS) is 38.3. The fourth-order valence-electron chi connectivity index (χ4n) is 2.33. The highest BCUT2D eigenvalue weighted by atomic mass is 35.5. The number of nitrogens with one attached hydrogen (secondary N) is 2. The van der Waals surface area contributed by atoms with Gasteiger partial charge in [-0.3, -0.25) is 4.79 Å². The molecule has 15 heavy (non-hydrogen) atoms. The van der Waals surface area contributed by atoms with Crippen molar-refractivity contribution in [2.75, 3.05) is 13.1 Å². The first kappa shape index (κ1) is 12.8. The van der Waals surface area contributed by atoms with Crippen LogP contribution < -0.4 is 10.6 Å². The van der Waals surface area contributed by atoms with Gasteiger partial charge in [-0.25, -0.2) is 0 Å². The number of amides is 1. The van der Waals surface area contributed by atoms with E-state index < -0.39 is 0 Å². The average Bonchev–Trinajstić information content (AvgIpc) is 2.77. The second kappa shape index (κ2) is 5.17. The van der Waals surface area contributed by atoms with Gasteiger partial charge in [0.15, 0.2) is 0 Å². The third kappa shape index (κ3) is 2.85. The van der Waals surface area contributed by atoms with Crippen LogP contribution in [0.5, 0.6) is 0 Å². The van der Waals surface area contributed by atoms with Crippen molar-refractivity contribution in [3.8, 4) is 0 Å². The van der Waals surface area contributed by atoms with E-state index in [1.165, 1.54) is 12.8 Å². The summed E-state index contributed by atoms with van der Waals surface area (Å²) < 4.78 is 0. The second-order valence-electron chi connectivity index (χ2n) is 4.76. The molecule has 0 radical (unpaired) electrons. The first-order valence-corrected chi connectivity index (χ1v) is 5.73. The first-order valence-electron chi connectivity index (χ1n) is 5.73. The predicted molar refractivity (Wildman–Crippen MR) is 63.1 cm³/mol. The molecule has 2 N–H and O–H groups in total. The minimum atomic E-state index is 0. The summed E-state index contributed by atoms with van der Waals surface area (Å²) in [7, 11) is 0. The van der Waals surface area contributed by atoms with E-state index in [9.17, 15) is 4.79 Å². The number of carbonyl (C=O) groups excluding carboxylic acids is 1. The zero-order valence-electron chi connectivity index (χ0n) is 9.45. The minimum Gasteiger partial charge on any atom is -0.353 e. The van der Waals surface area contributed by atoms with Gasteiger partial charge in [0, 0.05) is 12.6 Å². The predicted octanol–water partition coefficient (Wildman–Crippen LogP) is 1.18. The second-order valence-corrected chi connectivity index (χ2v) is 4.76. The lowest BCUT2D eigenvalue weighted by Crippen LogP contribution is -2.36. The third-order valence-corrected chi connectivity index (χ3v) is 3.63. The molecular formula is C11H21ClN2O. The lowest BCUT2D eigenvalue weighted by molar-refractivity contribution is -0.125. The Hall–Kier alpha value is -0.280. The van der Waals surface area contributed by atoms with Crippen molar-refractivity contribution in [2.24, 2.45) is 17.8 Å². The van der Waals surface area contributed by atoms with E-state index in [-0.39, 0.29) is 24.2 Å². The quantitative estimate of drug-likeness (QED) is 0.767. The maximum atomic E-state index is 11.8. The summed E-state index contributed by atoms with van der Waals surface area (Å²) >= 11 is 0. The fraction of sp³-hybridized carbons (Fsp3) is 0.909. The third-order valence-electron chi connectivity index (χ3n) is 3.63. The first-order chi connectivity index (χ1) is 6.72. The van der Waals surface area contributed by atoms with Crippen LogP contribution in [0.15, 0.2) is 0 Å². The number of carbonyl (C=O) groups is 1. The zero-order valence-corrected chi connectivity index (χ0v) is 10.3. The topological polar surface area (TPSA) is 41.1 Å². The van der Waals surface area contributed by atoms with Crippen molar-refractivity contribution < 1.29 is 4.79 Å². The van der Waals surface area contributed by atoms with E-state index in [1.807, 2.05) is 0 Å². The van der Waals surface area contributed by atoms with Crippen LogP contribution in [0.2, 0.25) is 0 Å². The molecule has 2 rings (SSSR count). The summed E-state index contributed by atoms with van der Waals surface area (Å²) in [5, 5.41) is 6.41. The molecule has 0 aromatic heterocycles.